The number of imide groups is 3. The maximum Gasteiger partial charge on any atom is 0.323 e. The van der Waals surface area contributed by atoms with Crippen LogP contribution in [0.15, 0.2) is 36.5 Å². The highest BCUT2D eigenvalue weighted by atomic mass is 16.6. The first-order valence-corrected chi connectivity index (χ1v) is 27.3. The van der Waals surface area contributed by atoms with Gasteiger partial charge in [0.15, 0.2) is 0 Å². The van der Waals surface area contributed by atoms with Gasteiger partial charge in [0.25, 0.3) is 35.4 Å². The molecule has 84 heavy (non-hydrogen) atoms. The molecule has 0 saturated heterocycles. The summed E-state index contributed by atoms with van der Waals surface area (Å²) in [5, 5.41) is 13.9. The molecular weight excluding hydrogens is 1100 g/mol. The van der Waals surface area contributed by atoms with Crippen LogP contribution < -0.4 is 22.1 Å². The third-order valence-corrected chi connectivity index (χ3v) is 10.3. The zero-order chi connectivity index (χ0) is 65.1. The molecule has 27 heteroatoms. The SMILES string of the molecule is CC(C)(C)OC(=O)C[C@H](CCC(=O)NCCN1C(=O)C=CC1=O)C(=O)OC(C)(C)C.CC(C)(C)OC(=O)C[C@H](CCC(=O)O)C(=O)OC(C)(C)C.CC(C)(C)OC(=O)[C@H](N)CCC(=O)NCCN1C(=O)C=CC1=O.NCCN1C(=O)C=CC1=O. The Kier molecular flexibility index (Phi) is 31.6. The predicted octanol–water partition coefficient (Wildman–Crippen LogP) is 2.39. The van der Waals surface area contributed by atoms with Crippen LogP contribution in [0.1, 0.15) is 155 Å². The first-order chi connectivity index (χ1) is 38.3. The normalized spacial score (nSPS) is 15.1. The van der Waals surface area contributed by atoms with E-state index in [1.54, 1.807) is 104 Å². The van der Waals surface area contributed by atoms with Crippen molar-refractivity contribution in [1.29, 1.82) is 0 Å². The number of nitrogens with zero attached hydrogens (tertiary/aromatic N) is 3. The van der Waals surface area contributed by atoms with Crippen molar-refractivity contribution in [1.82, 2.24) is 25.3 Å². The number of amides is 8. The van der Waals surface area contributed by atoms with Crippen molar-refractivity contribution in [3.05, 3.63) is 36.5 Å². The topological polar surface area (TPSA) is 391 Å². The number of carboxylic acids is 1. The van der Waals surface area contributed by atoms with Gasteiger partial charge in [0.1, 0.15) is 34.0 Å². The van der Waals surface area contributed by atoms with Gasteiger partial charge in [0, 0.05) is 95.0 Å². The van der Waals surface area contributed by atoms with Crippen LogP contribution in [0.25, 0.3) is 0 Å². The number of carboxylic acid groups (broad SMARTS) is 1. The molecule has 0 radical (unpaired) electrons. The Morgan fingerprint density at radius 1 is 0.440 bits per heavy atom. The van der Waals surface area contributed by atoms with Crippen molar-refractivity contribution in [2.45, 2.75) is 189 Å². The molecule has 3 atom stereocenters. The maximum absolute atomic E-state index is 12.5. The third kappa shape index (κ3) is 35.3. The molecule has 0 saturated carbocycles. The molecule has 27 nitrogen and oxygen atoms in total. The van der Waals surface area contributed by atoms with Gasteiger partial charge >= 0.3 is 35.8 Å². The second kappa shape index (κ2) is 34.8. The van der Waals surface area contributed by atoms with Crippen molar-refractivity contribution >= 4 is 83.1 Å². The Labute approximate surface area is 491 Å². The largest absolute Gasteiger partial charge is 0.481 e. The van der Waals surface area contributed by atoms with E-state index >= 15 is 0 Å². The molecule has 472 valence electrons. The van der Waals surface area contributed by atoms with Crippen LogP contribution in [0.4, 0.5) is 0 Å². The average Bonchev–Trinajstić information content (AvgIpc) is 3.94. The number of aliphatic carboxylic acids is 1. The summed E-state index contributed by atoms with van der Waals surface area (Å²) in [5.74, 6) is -8.26. The molecule has 7 N–H and O–H groups in total. The van der Waals surface area contributed by atoms with E-state index in [1.807, 2.05) is 0 Å². The second-order valence-electron chi connectivity index (χ2n) is 24.2. The highest BCUT2D eigenvalue weighted by Gasteiger charge is 2.33. The lowest BCUT2D eigenvalue weighted by Crippen LogP contribution is -2.40. The molecule has 8 amide bonds. The fourth-order valence-corrected chi connectivity index (χ4v) is 6.81. The quantitative estimate of drug-likeness (QED) is 0.0526. The van der Waals surface area contributed by atoms with E-state index < -0.39 is 105 Å². The molecular formula is C57H89N7O20. The smallest absolute Gasteiger partial charge is 0.323 e. The minimum Gasteiger partial charge on any atom is -0.481 e. The summed E-state index contributed by atoms with van der Waals surface area (Å²) >= 11 is 0. The van der Waals surface area contributed by atoms with Gasteiger partial charge in [-0.2, -0.15) is 0 Å². The molecule has 0 spiro atoms. The van der Waals surface area contributed by atoms with E-state index in [0.29, 0.717) is 13.1 Å². The standard InChI is InChI=1S/C21H32N2O7.C15H23N3O5.C15H26O6.C6H8N2O2/c1-20(2,3)29-18(27)13-14(19(28)30-21(4,5)6)7-8-15(24)22-11-12-23-16(25)9-10-17(23)26;1-15(2,3)23-14(22)10(16)4-5-11(19)17-8-9-18-12(20)6-7-13(18)21;1-14(2,3)20-12(18)9-10(7-8-11(16)17)13(19)21-15(4,5)6;7-3-4-8-5(9)1-2-6(8)10/h9-10,14H,7-8,11-13H2,1-6H3,(H,22,24);6-7,10H,4-5,8-9,16H2,1-3H3,(H,17,19);10H,7-9H2,1-6H3,(H,16,17);1-2H,3-4,7H2/t14-;2*10-;/m010./s1. The Morgan fingerprint density at radius 3 is 1.00 bits per heavy atom. The first-order valence-electron chi connectivity index (χ1n) is 27.3. The van der Waals surface area contributed by atoms with Gasteiger partial charge in [-0.1, -0.05) is 0 Å². The Bertz CT molecular complexity index is 2410. The van der Waals surface area contributed by atoms with E-state index in [-0.39, 0.29) is 101 Å². The molecule has 0 bridgehead atoms. The lowest BCUT2D eigenvalue weighted by atomic mass is 9.98. The number of ether oxygens (including phenoxy) is 5. The highest BCUT2D eigenvalue weighted by molar-refractivity contribution is 6.14. The average molecular weight is 1190 g/mol. The van der Waals surface area contributed by atoms with Gasteiger partial charge in [-0.3, -0.25) is 81.8 Å². The van der Waals surface area contributed by atoms with E-state index in [2.05, 4.69) is 10.6 Å². The summed E-state index contributed by atoms with van der Waals surface area (Å²) < 4.78 is 26.1. The van der Waals surface area contributed by atoms with Crippen LogP contribution >= 0.6 is 0 Å². The van der Waals surface area contributed by atoms with E-state index in [0.717, 1.165) is 14.7 Å². The maximum atomic E-state index is 12.5. The summed E-state index contributed by atoms with van der Waals surface area (Å²) in [5.41, 5.74) is 7.46. The molecule has 3 aliphatic heterocycles. The molecule has 0 unspecified atom stereocenters. The number of carbonyl (C=O) groups excluding carboxylic acids is 13. The molecule has 3 heterocycles. The van der Waals surface area contributed by atoms with E-state index in [9.17, 15) is 67.1 Å². The van der Waals surface area contributed by atoms with Crippen molar-refractivity contribution in [3.63, 3.8) is 0 Å². The van der Waals surface area contributed by atoms with Crippen LogP contribution in [0.2, 0.25) is 0 Å². The van der Waals surface area contributed by atoms with Gasteiger partial charge in [-0.25, -0.2) is 0 Å². The number of carbonyl (C=O) groups is 14. The summed E-state index contributed by atoms with van der Waals surface area (Å²) in [6.07, 6.45) is 6.97. The number of nitrogens with one attached hydrogen (secondary N) is 2. The van der Waals surface area contributed by atoms with Gasteiger partial charge in [-0.15, -0.1) is 0 Å². The Morgan fingerprint density at radius 2 is 0.714 bits per heavy atom. The van der Waals surface area contributed by atoms with Gasteiger partial charge < -0.3 is 50.9 Å². The van der Waals surface area contributed by atoms with Crippen molar-refractivity contribution in [3.8, 4) is 0 Å². The van der Waals surface area contributed by atoms with Crippen molar-refractivity contribution < 1.29 is 95.9 Å². The van der Waals surface area contributed by atoms with Crippen LogP contribution in [0.3, 0.4) is 0 Å². The van der Waals surface area contributed by atoms with Crippen LogP contribution in [-0.4, -0.2) is 176 Å². The minimum atomic E-state index is -1.02. The summed E-state index contributed by atoms with van der Waals surface area (Å²) in [6, 6.07) is -0.870. The monoisotopic (exact) mass is 1190 g/mol. The number of rotatable bonds is 24. The van der Waals surface area contributed by atoms with Gasteiger partial charge in [0.05, 0.1) is 24.7 Å². The van der Waals surface area contributed by atoms with Gasteiger partial charge in [0.2, 0.25) is 11.8 Å². The molecule has 0 aromatic carbocycles. The summed E-state index contributed by atoms with van der Waals surface area (Å²) in [7, 11) is 0. The van der Waals surface area contributed by atoms with Crippen molar-refractivity contribution in [2.24, 2.45) is 23.3 Å². The number of esters is 5. The molecule has 0 aliphatic carbocycles. The zero-order valence-corrected chi connectivity index (χ0v) is 51.3. The lowest BCUT2D eigenvalue weighted by Gasteiger charge is -2.25. The zero-order valence-electron chi connectivity index (χ0n) is 51.3. The van der Waals surface area contributed by atoms with E-state index in [1.165, 1.54) is 36.5 Å². The number of hydrogen-bond acceptors (Lipinski definition) is 21. The Balaban J connectivity index is 0.00000115. The fraction of sp³-hybridized carbons (Fsp3) is 0.649. The lowest BCUT2D eigenvalue weighted by molar-refractivity contribution is -0.167. The molecule has 0 fully saturated rings. The van der Waals surface area contributed by atoms with Crippen molar-refractivity contribution in [2.75, 3.05) is 39.3 Å². The molecule has 0 aromatic rings. The Hall–Kier alpha value is -7.68. The van der Waals surface area contributed by atoms with Gasteiger partial charge in [-0.05, 0) is 123 Å². The molecule has 3 rings (SSSR count). The minimum absolute atomic E-state index is 0.0210. The predicted molar refractivity (Wildman–Crippen MR) is 301 cm³/mol. The summed E-state index contributed by atoms with van der Waals surface area (Å²) in [4.78, 5) is 165. The van der Waals surface area contributed by atoms with Crippen LogP contribution in [0.5, 0.6) is 0 Å². The third-order valence-electron chi connectivity index (χ3n) is 10.3. The summed E-state index contributed by atoms with van der Waals surface area (Å²) in [6.45, 7) is 26.9. The number of nitrogens with two attached hydrogens (primary N) is 2. The molecule has 0 aromatic heterocycles. The second-order valence-corrected chi connectivity index (χ2v) is 24.2. The first kappa shape index (κ1) is 76.3. The van der Waals surface area contributed by atoms with Crippen LogP contribution in [-0.2, 0) is 90.8 Å². The highest BCUT2D eigenvalue weighted by Crippen LogP contribution is 2.23. The number of hydrogen-bond donors (Lipinski definition) is 5. The van der Waals surface area contributed by atoms with Crippen LogP contribution in [0, 0.1) is 11.8 Å². The van der Waals surface area contributed by atoms with E-state index in [4.69, 9.17) is 40.3 Å². The molecule has 3 aliphatic rings. The fourth-order valence-electron chi connectivity index (χ4n) is 6.81.